The Balaban J connectivity index is 3.17. The molecular formula is C9H12BrNO3. The van der Waals surface area contributed by atoms with Crippen molar-refractivity contribution in [2.75, 3.05) is 13.7 Å². The van der Waals surface area contributed by atoms with Crippen LogP contribution in [0.1, 0.15) is 11.6 Å². The summed E-state index contributed by atoms with van der Waals surface area (Å²) in [6.07, 6.45) is 0. The van der Waals surface area contributed by atoms with Gasteiger partial charge in [-0.15, -0.1) is 0 Å². The van der Waals surface area contributed by atoms with Crippen LogP contribution in [0, 0.1) is 0 Å². The number of aliphatic hydroxyl groups is 1. The molecule has 1 aromatic rings. The minimum Gasteiger partial charge on any atom is -0.503 e. The lowest BCUT2D eigenvalue weighted by Crippen LogP contribution is -2.15. The Morgan fingerprint density at radius 2 is 2.21 bits per heavy atom. The standard InChI is InChI=1S/C9H12BrNO3/c1-14-7-3-2-5(6(11)4-12)8(10)9(7)13/h2-3,6,12-13H,4,11H2,1H3. The van der Waals surface area contributed by atoms with Gasteiger partial charge in [0.25, 0.3) is 0 Å². The summed E-state index contributed by atoms with van der Waals surface area (Å²) in [4.78, 5) is 0. The van der Waals surface area contributed by atoms with Crippen LogP contribution in [0.2, 0.25) is 0 Å². The van der Waals surface area contributed by atoms with E-state index in [1.807, 2.05) is 0 Å². The van der Waals surface area contributed by atoms with E-state index in [4.69, 9.17) is 15.6 Å². The molecule has 0 saturated carbocycles. The van der Waals surface area contributed by atoms with Crippen molar-refractivity contribution >= 4 is 15.9 Å². The van der Waals surface area contributed by atoms with E-state index in [1.165, 1.54) is 7.11 Å². The van der Waals surface area contributed by atoms with Crippen LogP contribution < -0.4 is 10.5 Å². The highest BCUT2D eigenvalue weighted by atomic mass is 79.9. The van der Waals surface area contributed by atoms with Crippen molar-refractivity contribution in [3.63, 3.8) is 0 Å². The van der Waals surface area contributed by atoms with Gasteiger partial charge >= 0.3 is 0 Å². The first-order valence-electron chi connectivity index (χ1n) is 4.03. The van der Waals surface area contributed by atoms with E-state index < -0.39 is 6.04 Å². The zero-order valence-electron chi connectivity index (χ0n) is 7.70. The highest BCUT2D eigenvalue weighted by molar-refractivity contribution is 9.10. The van der Waals surface area contributed by atoms with Crippen molar-refractivity contribution in [3.8, 4) is 11.5 Å². The minimum atomic E-state index is -0.513. The van der Waals surface area contributed by atoms with Gasteiger partial charge in [0.1, 0.15) is 0 Å². The molecule has 78 valence electrons. The topological polar surface area (TPSA) is 75.7 Å². The minimum absolute atomic E-state index is 0.00565. The molecule has 0 aliphatic heterocycles. The molecule has 1 atom stereocenters. The summed E-state index contributed by atoms with van der Waals surface area (Å²) in [5, 5.41) is 18.5. The van der Waals surface area contributed by atoms with Crippen molar-refractivity contribution < 1.29 is 14.9 Å². The van der Waals surface area contributed by atoms with E-state index >= 15 is 0 Å². The van der Waals surface area contributed by atoms with Crippen LogP contribution in [0.3, 0.4) is 0 Å². The molecule has 0 aromatic heterocycles. The van der Waals surface area contributed by atoms with Gasteiger partial charge in [-0.25, -0.2) is 0 Å². The molecule has 0 saturated heterocycles. The van der Waals surface area contributed by atoms with Gasteiger partial charge in [-0.2, -0.15) is 0 Å². The van der Waals surface area contributed by atoms with E-state index in [0.717, 1.165) is 0 Å². The first kappa shape index (κ1) is 11.3. The Bertz CT molecular complexity index is 330. The second-order valence-electron chi connectivity index (χ2n) is 2.81. The van der Waals surface area contributed by atoms with E-state index in [2.05, 4.69) is 15.9 Å². The second kappa shape index (κ2) is 4.63. The van der Waals surface area contributed by atoms with Crippen LogP contribution >= 0.6 is 15.9 Å². The van der Waals surface area contributed by atoms with Gasteiger partial charge in [0, 0.05) is 0 Å². The van der Waals surface area contributed by atoms with Crippen LogP contribution in [0.5, 0.6) is 11.5 Å². The number of methoxy groups -OCH3 is 1. The molecule has 4 nitrogen and oxygen atoms in total. The molecular weight excluding hydrogens is 250 g/mol. The molecule has 0 aliphatic carbocycles. The van der Waals surface area contributed by atoms with Crippen LogP contribution in [0.4, 0.5) is 0 Å². The number of phenolic OH excluding ortho intramolecular Hbond substituents is 1. The maximum Gasteiger partial charge on any atom is 0.172 e. The molecule has 4 N–H and O–H groups in total. The van der Waals surface area contributed by atoms with Crippen molar-refractivity contribution in [1.82, 2.24) is 0 Å². The van der Waals surface area contributed by atoms with Crippen LogP contribution in [-0.4, -0.2) is 23.9 Å². The first-order chi connectivity index (χ1) is 6.61. The molecule has 1 unspecified atom stereocenters. The third-order valence-electron chi connectivity index (χ3n) is 1.93. The summed E-state index contributed by atoms with van der Waals surface area (Å²) in [7, 11) is 1.47. The number of rotatable bonds is 3. The summed E-state index contributed by atoms with van der Waals surface area (Å²) in [6.45, 7) is -0.176. The Hall–Kier alpha value is -0.780. The first-order valence-corrected chi connectivity index (χ1v) is 4.83. The third-order valence-corrected chi connectivity index (χ3v) is 2.76. The second-order valence-corrected chi connectivity index (χ2v) is 3.60. The van der Waals surface area contributed by atoms with Crippen LogP contribution in [0.25, 0.3) is 0 Å². The lowest BCUT2D eigenvalue weighted by Gasteiger charge is -2.13. The summed E-state index contributed by atoms with van der Waals surface area (Å²) in [5.74, 6) is 0.361. The summed E-state index contributed by atoms with van der Waals surface area (Å²) in [6, 6.07) is 2.79. The van der Waals surface area contributed by atoms with E-state index in [-0.39, 0.29) is 12.4 Å². The SMILES string of the molecule is COc1ccc(C(N)CO)c(Br)c1O. The number of phenols is 1. The number of ether oxygens (including phenoxy) is 1. The van der Waals surface area contributed by atoms with Crippen molar-refractivity contribution in [2.45, 2.75) is 6.04 Å². The number of aromatic hydroxyl groups is 1. The maximum absolute atomic E-state index is 9.61. The molecule has 1 aromatic carbocycles. The fraction of sp³-hybridized carbons (Fsp3) is 0.333. The van der Waals surface area contributed by atoms with Crippen molar-refractivity contribution in [3.05, 3.63) is 22.2 Å². The number of halogens is 1. The van der Waals surface area contributed by atoms with Gasteiger partial charge in [-0.05, 0) is 27.6 Å². The number of hydrogen-bond donors (Lipinski definition) is 3. The van der Waals surface area contributed by atoms with Gasteiger partial charge < -0.3 is 20.7 Å². The highest BCUT2D eigenvalue weighted by Gasteiger charge is 2.15. The summed E-state index contributed by atoms with van der Waals surface area (Å²) >= 11 is 3.19. The largest absolute Gasteiger partial charge is 0.503 e. The predicted molar refractivity (Wildman–Crippen MR) is 56.4 cm³/mol. The molecule has 14 heavy (non-hydrogen) atoms. The van der Waals surface area contributed by atoms with Gasteiger partial charge in [-0.1, -0.05) is 6.07 Å². The quantitative estimate of drug-likeness (QED) is 0.763. The number of benzene rings is 1. The van der Waals surface area contributed by atoms with Gasteiger partial charge in [0.05, 0.1) is 24.2 Å². The highest BCUT2D eigenvalue weighted by Crippen LogP contribution is 2.38. The molecule has 0 bridgehead atoms. The number of aliphatic hydroxyl groups excluding tert-OH is 1. The molecule has 0 fully saturated rings. The zero-order chi connectivity index (χ0) is 10.7. The molecule has 0 aliphatic rings. The number of nitrogens with two attached hydrogens (primary N) is 1. The van der Waals surface area contributed by atoms with Gasteiger partial charge in [-0.3, -0.25) is 0 Å². The normalized spacial score (nSPS) is 12.6. The predicted octanol–water partition coefficient (Wildman–Crippen LogP) is 1.16. The van der Waals surface area contributed by atoms with Gasteiger partial charge in [0.15, 0.2) is 11.5 Å². The van der Waals surface area contributed by atoms with Crippen molar-refractivity contribution in [2.24, 2.45) is 5.73 Å². The fourth-order valence-corrected chi connectivity index (χ4v) is 1.73. The fourth-order valence-electron chi connectivity index (χ4n) is 1.11. The van der Waals surface area contributed by atoms with Crippen LogP contribution in [-0.2, 0) is 0 Å². The lowest BCUT2D eigenvalue weighted by atomic mass is 10.1. The van der Waals surface area contributed by atoms with E-state index in [1.54, 1.807) is 12.1 Å². The molecule has 0 radical (unpaired) electrons. The van der Waals surface area contributed by atoms with E-state index in [0.29, 0.717) is 15.8 Å². The van der Waals surface area contributed by atoms with Crippen molar-refractivity contribution in [1.29, 1.82) is 0 Å². The molecule has 1 rings (SSSR count). The lowest BCUT2D eigenvalue weighted by molar-refractivity contribution is 0.267. The smallest absolute Gasteiger partial charge is 0.172 e. The molecule has 5 heteroatoms. The molecule has 0 spiro atoms. The summed E-state index contributed by atoms with van der Waals surface area (Å²) < 4.78 is 5.37. The third kappa shape index (κ3) is 2.00. The summed E-state index contributed by atoms with van der Waals surface area (Å²) in [5.41, 5.74) is 6.27. The molecule has 0 amide bonds. The van der Waals surface area contributed by atoms with E-state index in [9.17, 15) is 5.11 Å². The molecule has 0 heterocycles. The zero-order valence-corrected chi connectivity index (χ0v) is 9.28. The van der Waals surface area contributed by atoms with Gasteiger partial charge in [0.2, 0.25) is 0 Å². The average Bonchev–Trinajstić information content (AvgIpc) is 2.21. The Labute approximate surface area is 90.4 Å². The van der Waals surface area contributed by atoms with Crippen LogP contribution in [0.15, 0.2) is 16.6 Å². The average molecular weight is 262 g/mol. The Kier molecular flexibility index (Phi) is 3.74. The maximum atomic E-state index is 9.61. The Morgan fingerprint density at radius 3 is 2.71 bits per heavy atom. The number of hydrogen-bond acceptors (Lipinski definition) is 4. The monoisotopic (exact) mass is 261 g/mol. The Morgan fingerprint density at radius 1 is 1.57 bits per heavy atom.